The maximum Gasteiger partial charge on any atom is 0.120 e. The molecule has 1 fully saturated rings. The highest BCUT2D eigenvalue weighted by Crippen LogP contribution is 2.31. The van der Waals surface area contributed by atoms with Crippen molar-refractivity contribution < 1.29 is 9.84 Å². The van der Waals surface area contributed by atoms with Gasteiger partial charge in [0, 0.05) is 38.3 Å². The number of hydrogen-bond donors (Lipinski definition) is 1. The number of aromatic hydroxyl groups is 1. The van der Waals surface area contributed by atoms with Crippen LogP contribution in [0.15, 0.2) is 30.3 Å². The van der Waals surface area contributed by atoms with Crippen LogP contribution in [0.3, 0.4) is 0 Å². The molecule has 1 N–H and O–H groups in total. The summed E-state index contributed by atoms with van der Waals surface area (Å²) in [5.41, 5.74) is 1.00. The zero-order valence-electron chi connectivity index (χ0n) is 14.1. The Morgan fingerprint density at radius 2 is 1.74 bits per heavy atom. The number of fused-ring (bicyclic) bond motifs is 1. The van der Waals surface area contributed by atoms with Crippen molar-refractivity contribution in [2.75, 3.05) is 39.8 Å². The van der Waals surface area contributed by atoms with E-state index in [9.17, 15) is 5.11 Å². The lowest BCUT2D eigenvalue weighted by atomic mass is 10.0. The molecule has 0 radical (unpaired) electrons. The molecule has 0 bridgehead atoms. The number of benzene rings is 2. The van der Waals surface area contributed by atoms with Gasteiger partial charge in [0.05, 0.1) is 7.11 Å². The van der Waals surface area contributed by atoms with Crippen molar-refractivity contribution in [1.29, 1.82) is 0 Å². The smallest absolute Gasteiger partial charge is 0.120 e. The van der Waals surface area contributed by atoms with E-state index in [1.54, 1.807) is 13.2 Å². The molecule has 0 aromatic heterocycles. The maximum atomic E-state index is 10.4. The normalized spacial score (nSPS) is 16.8. The van der Waals surface area contributed by atoms with Crippen molar-refractivity contribution >= 4 is 10.8 Å². The molecule has 0 spiro atoms. The Labute approximate surface area is 138 Å². The van der Waals surface area contributed by atoms with E-state index in [0.29, 0.717) is 5.75 Å². The standard InChI is InChI=1S/C19H26N2O2/c1-3-8-20-9-11-21(12-10-20)14-18-17-13-16(23-2)6-4-15(17)5-7-19(18)22/h4-7,13,22H,3,8-12,14H2,1-2H3. The Morgan fingerprint density at radius 1 is 1.04 bits per heavy atom. The summed E-state index contributed by atoms with van der Waals surface area (Å²) < 4.78 is 5.35. The van der Waals surface area contributed by atoms with Crippen molar-refractivity contribution in [3.8, 4) is 11.5 Å². The molecule has 0 amide bonds. The summed E-state index contributed by atoms with van der Waals surface area (Å²) in [6, 6.07) is 9.81. The first-order valence-electron chi connectivity index (χ1n) is 8.44. The highest BCUT2D eigenvalue weighted by molar-refractivity contribution is 5.88. The number of nitrogens with zero attached hydrogens (tertiary/aromatic N) is 2. The van der Waals surface area contributed by atoms with E-state index in [4.69, 9.17) is 4.74 Å². The number of ether oxygens (including phenoxy) is 1. The summed E-state index contributed by atoms with van der Waals surface area (Å²) in [5.74, 6) is 1.21. The van der Waals surface area contributed by atoms with Crippen molar-refractivity contribution in [2.45, 2.75) is 19.9 Å². The highest BCUT2D eigenvalue weighted by Gasteiger charge is 2.18. The summed E-state index contributed by atoms with van der Waals surface area (Å²) in [4.78, 5) is 4.95. The largest absolute Gasteiger partial charge is 0.508 e. The van der Waals surface area contributed by atoms with E-state index < -0.39 is 0 Å². The molecule has 1 aliphatic rings. The molecule has 4 heteroatoms. The fraction of sp³-hybridized carbons (Fsp3) is 0.474. The van der Waals surface area contributed by atoms with Crippen LogP contribution in [-0.2, 0) is 6.54 Å². The van der Waals surface area contributed by atoms with Crippen LogP contribution < -0.4 is 4.74 Å². The van der Waals surface area contributed by atoms with E-state index in [0.717, 1.165) is 54.8 Å². The first-order valence-corrected chi connectivity index (χ1v) is 8.44. The zero-order valence-corrected chi connectivity index (χ0v) is 14.1. The molecule has 0 saturated carbocycles. The summed E-state index contributed by atoms with van der Waals surface area (Å²) in [6.07, 6.45) is 1.21. The third-order valence-electron chi connectivity index (χ3n) is 4.70. The van der Waals surface area contributed by atoms with E-state index in [-0.39, 0.29) is 0 Å². The van der Waals surface area contributed by atoms with E-state index in [1.165, 1.54) is 13.0 Å². The Balaban J connectivity index is 1.81. The zero-order chi connectivity index (χ0) is 16.2. The van der Waals surface area contributed by atoms with Crippen LogP contribution in [0.5, 0.6) is 11.5 Å². The number of phenols is 1. The van der Waals surface area contributed by atoms with Crippen LogP contribution in [0.1, 0.15) is 18.9 Å². The van der Waals surface area contributed by atoms with Gasteiger partial charge in [-0.25, -0.2) is 0 Å². The van der Waals surface area contributed by atoms with Gasteiger partial charge in [-0.05, 0) is 41.9 Å². The fourth-order valence-corrected chi connectivity index (χ4v) is 3.35. The van der Waals surface area contributed by atoms with Crippen LogP contribution in [0.25, 0.3) is 10.8 Å². The molecular weight excluding hydrogens is 288 g/mol. The minimum atomic E-state index is 0.377. The Bertz CT molecular complexity index is 664. The minimum absolute atomic E-state index is 0.377. The van der Waals surface area contributed by atoms with Gasteiger partial charge in [-0.15, -0.1) is 0 Å². The van der Waals surface area contributed by atoms with E-state index >= 15 is 0 Å². The van der Waals surface area contributed by atoms with Crippen molar-refractivity contribution in [1.82, 2.24) is 9.80 Å². The van der Waals surface area contributed by atoms with Crippen molar-refractivity contribution in [3.63, 3.8) is 0 Å². The molecule has 4 nitrogen and oxygen atoms in total. The highest BCUT2D eigenvalue weighted by atomic mass is 16.5. The number of methoxy groups -OCH3 is 1. The molecular formula is C19H26N2O2. The van der Waals surface area contributed by atoms with Crippen LogP contribution in [0, 0.1) is 0 Å². The quantitative estimate of drug-likeness (QED) is 0.920. The van der Waals surface area contributed by atoms with Gasteiger partial charge in [0.25, 0.3) is 0 Å². The molecule has 1 saturated heterocycles. The molecule has 0 atom stereocenters. The second kappa shape index (κ2) is 7.20. The second-order valence-electron chi connectivity index (χ2n) is 6.27. The molecule has 2 aromatic rings. The average Bonchev–Trinajstić information content (AvgIpc) is 2.59. The number of hydrogen-bond acceptors (Lipinski definition) is 4. The Morgan fingerprint density at radius 3 is 2.43 bits per heavy atom. The van der Waals surface area contributed by atoms with Gasteiger partial charge in [-0.1, -0.05) is 19.1 Å². The third kappa shape index (κ3) is 3.59. The van der Waals surface area contributed by atoms with Gasteiger partial charge in [0.2, 0.25) is 0 Å². The van der Waals surface area contributed by atoms with Gasteiger partial charge in [0.15, 0.2) is 0 Å². The summed E-state index contributed by atoms with van der Waals surface area (Å²) >= 11 is 0. The van der Waals surface area contributed by atoms with E-state index in [1.807, 2.05) is 18.2 Å². The topological polar surface area (TPSA) is 35.9 Å². The number of phenolic OH excluding ortho intramolecular Hbond substituents is 1. The molecule has 1 heterocycles. The lowest BCUT2D eigenvalue weighted by Crippen LogP contribution is -2.46. The minimum Gasteiger partial charge on any atom is -0.508 e. The first kappa shape index (κ1) is 16.1. The SMILES string of the molecule is CCCN1CCN(Cc2c(O)ccc3ccc(OC)cc23)CC1. The predicted molar refractivity (Wildman–Crippen MR) is 94.2 cm³/mol. The lowest BCUT2D eigenvalue weighted by Gasteiger charge is -2.34. The van der Waals surface area contributed by atoms with Gasteiger partial charge in [-0.3, -0.25) is 4.90 Å². The van der Waals surface area contributed by atoms with Gasteiger partial charge in [0.1, 0.15) is 11.5 Å². The Hall–Kier alpha value is -1.78. The van der Waals surface area contributed by atoms with Gasteiger partial charge < -0.3 is 14.7 Å². The van der Waals surface area contributed by atoms with Crippen LogP contribution in [0.4, 0.5) is 0 Å². The first-order chi connectivity index (χ1) is 11.2. The third-order valence-corrected chi connectivity index (χ3v) is 4.70. The monoisotopic (exact) mass is 314 g/mol. The number of rotatable bonds is 5. The molecule has 2 aromatic carbocycles. The fourth-order valence-electron chi connectivity index (χ4n) is 3.35. The summed E-state index contributed by atoms with van der Waals surface area (Å²) in [5, 5.41) is 12.6. The molecule has 0 aliphatic carbocycles. The van der Waals surface area contributed by atoms with Crippen molar-refractivity contribution in [2.24, 2.45) is 0 Å². The van der Waals surface area contributed by atoms with Crippen LogP contribution >= 0.6 is 0 Å². The molecule has 0 unspecified atom stereocenters. The maximum absolute atomic E-state index is 10.4. The Kier molecular flexibility index (Phi) is 5.03. The molecule has 1 aliphatic heterocycles. The average molecular weight is 314 g/mol. The molecule has 124 valence electrons. The number of piperazine rings is 1. The second-order valence-corrected chi connectivity index (χ2v) is 6.27. The van der Waals surface area contributed by atoms with Gasteiger partial charge in [-0.2, -0.15) is 0 Å². The predicted octanol–water partition coefficient (Wildman–Crippen LogP) is 3.08. The van der Waals surface area contributed by atoms with Crippen LogP contribution in [-0.4, -0.2) is 54.7 Å². The van der Waals surface area contributed by atoms with E-state index in [2.05, 4.69) is 22.8 Å². The molecule has 3 rings (SSSR count). The lowest BCUT2D eigenvalue weighted by molar-refractivity contribution is 0.127. The van der Waals surface area contributed by atoms with Crippen LogP contribution in [0.2, 0.25) is 0 Å². The van der Waals surface area contributed by atoms with Crippen molar-refractivity contribution in [3.05, 3.63) is 35.9 Å². The molecule has 23 heavy (non-hydrogen) atoms. The summed E-state index contributed by atoms with van der Waals surface area (Å²) in [7, 11) is 1.68. The summed E-state index contributed by atoms with van der Waals surface area (Å²) in [6.45, 7) is 8.54. The van der Waals surface area contributed by atoms with Gasteiger partial charge >= 0.3 is 0 Å².